The summed E-state index contributed by atoms with van der Waals surface area (Å²) in [6.07, 6.45) is -2.37. The molecule has 7 N–H and O–H groups in total. The fourth-order valence-electron chi connectivity index (χ4n) is 2.44. The van der Waals surface area contributed by atoms with Crippen LogP contribution in [0.4, 0.5) is 5.82 Å². The summed E-state index contributed by atoms with van der Waals surface area (Å²) in [5.41, 5.74) is 4.61. The van der Waals surface area contributed by atoms with Gasteiger partial charge in [0.05, 0.1) is 12.7 Å². The number of hydrogen-bond donors (Lipinski definition) is 6. The summed E-state index contributed by atoms with van der Waals surface area (Å²) in [6, 6.07) is 1.31. The summed E-state index contributed by atoms with van der Waals surface area (Å²) in [5, 5.41) is 10.2. The average molecular weight is 481 g/mol. The number of ether oxygens (including phenoxy) is 1. The standard InChI is InChI=1S/C10H18N3O13P3/c1-5-8(14)6(24-9(5)13-3-2-7(11)12-10(13)15)4-23-28(19,20)26-29(21,22)25-27(16,17)18/h2-3,5-6,8-9,14H,4H2,1H3,(H,19,20)(H,21,22)(H2,11,12,15)(H2,16,17,18)/t5-,6-,8+,9?/m1/s1. The molecule has 0 spiro atoms. The first kappa shape index (κ1) is 24.3. The SMILES string of the molecule is C[C@H]1C(n2ccc(N)nc2=O)O[C@H](COP(=O)(O)OP(=O)(O)OP(=O)(O)O)[C@H]1O. The maximum atomic E-state index is 11.9. The Morgan fingerprint density at radius 3 is 2.38 bits per heavy atom. The zero-order valence-corrected chi connectivity index (χ0v) is 17.2. The molecule has 0 amide bonds. The van der Waals surface area contributed by atoms with Gasteiger partial charge < -0.3 is 35.2 Å². The molecule has 6 atom stereocenters. The summed E-state index contributed by atoms with van der Waals surface area (Å²) in [5.74, 6) is -0.755. The number of nitrogen functional groups attached to an aromatic ring is 1. The Morgan fingerprint density at radius 1 is 1.21 bits per heavy atom. The zero-order chi connectivity index (χ0) is 22.2. The van der Waals surface area contributed by atoms with Gasteiger partial charge >= 0.3 is 29.2 Å². The molecular weight excluding hydrogens is 463 g/mol. The van der Waals surface area contributed by atoms with E-state index >= 15 is 0 Å². The van der Waals surface area contributed by atoms with Gasteiger partial charge in [0.1, 0.15) is 18.1 Å². The molecule has 1 saturated heterocycles. The molecule has 0 radical (unpaired) electrons. The number of hydrogen-bond acceptors (Lipinski definition) is 11. The fourth-order valence-corrected chi connectivity index (χ4v) is 5.47. The molecule has 2 rings (SSSR count). The Kier molecular flexibility index (Phi) is 7.23. The molecule has 2 heterocycles. The second-order valence-electron chi connectivity index (χ2n) is 5.84. The molecular formula is C10H18N3O13P3. The predicted molar refractivity (Wildman–Crippen MR) is 91.8 cm³/mol. The topological polar surface area (TPSA) is 250 Å². The van der Waals surface area contributed by atoms with Crippen LogP contribution in [0, 0.1) is 5.92 Å². The summed E-state index contributed by atoms with van der Waals surface area (Å²) in [6.45, 7) is 0.645. The van der Waals surface area contributed by atoms with Crippen molar-refractivity contribution in [3.8, 4) is 0 Å². The highest BCUT2D eigenvalue weighted by Gasteiger charge is 2.45. The van der Waals surface area contributed by atoms with Crippen LogP contribution in [0.15, 0.2) is 17.1 Å². The highest BCUT2D eigenvalue weighted by molar-refractivity contribution is 7.66. The average Bonchev–Trinajstić information content (AvgIpc) is 2.78. The van der Waals surface area contributed by atoms with E-state index in [-0.39, 0.29) is 5.82 Å². The third-order valence-electron chi connectivity index (χ3n) is 3.63. The first-order chi connectivity index (χ1) is 13.1. The van der Waals surface area contributed by atoms with Crippen LogP contribution in [0.2, 0.25) is 0 Å². The molecule has 1 aromatic heterocycles. The normalized spacial score (nSPS) is 29.3. The van der Waals surface area contributed by atoms with E-state index in [0.29, 0.717) is 0 Å². The number of nitrogens with two attached hydrogens (primary N) is 1. The Hall–Kier alpha value is -0.990. The summed E-state index contributed by atoms with van der Waals surface area (Å²) < 4.78 is 51.6. The van der Waals surface area contributed by atoms with Gasteiger partial charge in [-0.1, -0.05) is 6.92 Å². The lowest BCUT2D eigenvalue weighted by Crippen LogP contribution is -2.31. The molecule has 3 unspecified atom stereocenters. The van der Waals surface area contributed by atoms with E-state index in [0.717, 1.165) is 4.57 Å². The van der Waals surface area contributed by atoms with E-state index in [9.17, 15) is 28.5 Å². The molecule has 1 aliphatic heterocycles. The third kappa shape index (κ3) is 6.76. The van der Waals surface area contributed by atoms with Crippen LogP contribution in [-0.2, 0) is 31.6 Å². The molecule has 1 aliphatic rings. The van der Waals surface area contributed by atoms with Gasteiger partial charge in [0.25, 0.3) is 0 Å². The van der Waals surface area contributed by atoms with Gasteiger partial charge in [-0.3, -0.25) is 9.09 Å². The maximum absolute atomic E-state index is 11.9. The van der Waals surface area contributed by atoms with E-state index in [1.165, 1.54) is 19.2 Å². The van der Waals surface area contributed by atoms with Crippen molar-refractivity contribution in [3.05, 3.63) is 22.7 Å². The lowest BCUT2D eigenvalue weighted by molar-refractivity contribution is -0.0467. The molecule has 0 aromatic carbocycles. The van der Waals surface area contributed by atoms with E-state index in [4.69, 9.17) is 25.2 Å². The number of aliphatic hydroxyl groups excluding tert-OH is 1. The summed E-state index contributed by atoms with van der Waals surface area (Å²) >= 11 is 0. The minimum atomic E-state index is -5.67. The second kappa shape index (κ2) is 8.63. The van der Waals surface area contributed by atoms with Crippen LogP contribution >= 0.6 is 23.5 Å². The number of rotatable bonds is 8. The number of phosphoric acid groups is 3. The van der Waals surface area contributed by atoms with Crippen LogP contribution < -0.4 is 11.4 Å². The minimum absolute atomic E-state index is 0.0401. The summed E-state index contributed by atoms with van der Waals surface area (Å²) in [7, 11) is -16.6. The second-order valence-corrected chi connectivity index (χ2v) is 10.3. The summed E-state index contributed by atoms with van der Waals surface area (Å²) in [4.78, 5) is 50.9. The smallest absolute Gasteiger partial charge is 0.390 e. The van der Waals surface area contributed by atoms with Gasteiger partial charge in [0.15, 0.2) is 0 Å². The van der Waals surface area contributed by atoms with Gasteiger partial charge in [-0.2, -0.15) is 13.6 Å². The number of nitrogens with zero attached hydrogens (tertiary/aromatic N) is 2. The number of anilines is 1. The third-order valence-corrected chi connectivity index (χ3v) is 7.43. The van der Waals surface area contributed by atoms with Crippen LogP contribution in [0.3, 0.4) is 0 Å². The van der Waals surface area contributed by atoms with Crippen molar-refractivity contribution >= 4 is 29.3 Å². The molecule has 29 heavy (non-hydrogen) atoms. The van der Waals surface area contributed by atoms with Crippen molar-refractivity contribution < 1.29 is 56.3 Å². The first-order valence-corrected chi connectivity index (χ1v) is 12.1. The highest BCUT2D eigenvalue weighted by atomic mass is 31.3. The van der Waals surface area contributed by atoms with Crippen molar-refractivity contribution in [2.75, 3.05) is 12.3 Å². The Bertz CT molecular complexity index is 946. The van der Waals surface area contributed by atoms with Gasteiger partial charge in [0.2, 0.25) is 0 Å². The maximum Gasteiger partial charge on any atom is 0.490 e. The van der Waals surface area contributed by atoms with E-state index in [2.05, 4.69) is 18.1 Å². The molecule has 19 heteroatoms. The molecule has 0 aliphatic carbocycles. The van der Waals surface area contributed by atoms with Crippen molar-refractivity contribution in [2.45, 2.75) is 25.4 Å². The first-order valence-electron chi connectivity index (χ1n) is 7.57. The van der Waals surface area contributed by atoms with Gasteiger partial charge in [0, 0.05) is 12.1 Å². The Labute approximate surface area is 162 Å². The van der Waals surface area contributed by atoms with Gasteiger partial charge in [-0.15, -0.1) is 0 Å². The molecule has 1 fully saturated rings. The predicted octanol–water partition coefficient (Wildman–Crippen LogP) is -0.937. The number of aromatic nitrogens is 2. The Balaban J connectivity index is 2.05. The van der Waals surface area contributed by atoms with Crippen LogP contribution in [-0.4, -0.2) is 53.0 Å². The van der Waals surface area contributed by atoms with Crippen molar-refractivity contribution in [1.82, 2.24) is 9.55 Å². The van der Waals surface area contributed by atoms with Gasteiger partial charge in [-0.25, -0.2) is 18.5 Å². The highest BCUT2D eigenvalue weighted by Crippen LogP contribution is 2.66. The van der Waals surface area contributed by atoms with E-state index in [1.54, 1.807) is 0 Å². The largest absolute Gasteiger partial charge is 0.490 e. The molecule has 0 bridgehead atoms. The Morgan fingerprint density at radius 2 is 1.83 bits per heavy atom. The molecule has 1 aromatic rings. The van der Waals surface area contributed by atoms with E-state index < -0.39 is 60.1 Å². The lowest BCUT2D eigenvalue weighted by Gasteiger charge is -2.19. The van der Waals surface area contributed by atoms with Crippen LogP contribution in [0.5, 0.6) is 0 Å². The van der Waals surface area contributed by atoms with Crippen molar-refractivity contribution in [2.24, 2.45) is 5.92 Å². The molecule has 0 saturated carbocycles. The van der Waals surface area contributed by atoms with Crippen molar-refractivity contribution in [1.29, 1.82) is 0 Å². The van der Waals surface area contributed by atoms with E-state index in [1.807, 2.05) is 0 Å². The quantitative estimate of drug-likeness (QED) is 0.245. The fraction of sp³-hybridized carbons (Fsp3) is 0.600. The molecule has 166 valence electrons. The lowest BCUT2D eigenvalue weighted by atomic mass is 10.0. The minimum Gasteiger partial charge on any atom is -0.390 e. The number of phosphoric ester groups is 1. The zero-order valence-electron chi connectivity index (χ0n) is 14.5. The van der Waals surface area contributed by atoms with Crippen LogP contribution in [0.25, 0.3) is 0 Å². The number of aliphatic hydroxyl groups is 1. The van der Waals surface area contributed by atoms with Gasteiger partial charge in [-0.05, 0) is 6.07 Å². The van der Waals surface area contributed by atoms with Crippen LogP contribution in [0.1, 0.15) is 13.2 Å². The molecule has 16 nitrogen and oxygen atoms in total. The monoisotopic (exact) mass is 481 g/mol. The van der Waals surface area contributed by atoms with Crippen molar-refractivity contribution in [3.63, 3.8) is 0 Å².